The molecule has 3 aromatic rings. The summed E-state index contributed by atoms with van der Waals surface area (Å²) in [6.07, 6.45) is 11.4. The Morgan fingerprint density at radius 2 is 1.60 bits per heavy atom. The molecule has 0 amide bonds. The second-order valence-corrected chi connectivity index (χ2v) is 10.7. The lowest BCUT2D eigenvalue weighted by Crippen LogP contribution is -2.33. The van der Waals surface area contributed by atoms with Crippen LogP contribution in [0.4, 0.5) is 5.69 Å². The molecule has 5 rings (SSSR count). The van der Waals surface area contributed by atoms with Crippen molar-refractivity contribution in [1.82, 2.24) is 4.57 Å². The Bertz CT molecular complexity index is 1450. The lowest BCUT2D eigenvalue weighted by Gasteiger charge is -2.29. The number of hydrogen-bond acceptors (Lipinski definition) is 8. The number of fused-ring (bicyclic) bond motifs is 2. The molecule has 43 heavy (non-hydrogen) atoms. The molecule has 230 valence electrons. The third kappa shape index (κ3) is 7.19. The standard InChI is InChI=1S/C33H41N3O7/c1-38-30-15-16-35-21-25-27(36(37)22-28(30)35)9-8-10-29(25)42-18-7-5-4-6-17-41-23-11-13-26(34)32(19-23)43-24-12-14-31(39-2)33(20-24)40-3/h9,11-16,19-20,22,25,29H,4-8,10,17-18,21,34H2,1-3H3/t25-,29?/m0/s1. The van der Waals surface area contributed by atoms with E-state index in [-0.39, 0.29) is 12.0 Å². The van der Waals surface area contributed by atoms with Crippen LogP contribution >= 0.6 is 0 Å². The molecule has 0 bridgehead atoms. The molecular weight excluding hydrogens is 550 g/mol. The van der Waals surface area contributed by atoms with Crippen molar-refractivity contribution in [2.45, 2.75) is 51.2 Å². The maximum atomic E-state index is 12.9. The van der Waals surface area contributed by atoms with Crippen molar-refractivity contribution in [1.29, 1.82) is 0 Å². The third-order valence-electron chi connectivity index (χ3n) is 7.92. The first-order valence-electron chi connectivity index (χ1n) is 14.8. The van der Waals surface area contributed by atoms with E-state index in [0.29, 0.717) is 59.9 Å². The van der Waals surface area contributed by atoms with Crippen molar-refractivity contribution in [2.75, 3.05) is 40.3 Å². The van der Waals surface area contributed by atoms with E-state index in [0.717, 1.165) is 54.7 Å². The zero-order valence-corrected chi connectivity index (χ0v) is 25.1. The van der Waals surface area contributed by atoms with Crippen LogP contribution in [0.1, 0.15) is 44.2 Å². The number of hydrogen-bond donors (Lipinski definition) is 1. The minimum absolute atomic E-state index is 0.0217. The zero-order valence-electron chi connectivity index (χ0n) is 25.1. The Labute approximate surface area is 252 Å². The molecule has 0 saturated carbocycles. The van der Waals surface area contributed by atoms with Crippen LogP contribution < -0.4 is 29.4 Å². The average molecular weight is 592 g/mol. The van der Waals surface area contributed by atoms with Crippen molar-refractivity contribution in [3.05, 3.63) is 71.3 Å². The predicted octanol–water partition coefficient (Wildman–Crippen LogP) is 6.15. The van der Waals surface area contributed by atoms with E-state index < -0.39 is 0 Å². The summed E-state index contributed by atoms with van der Waals surface area (Å²) in [6.45, 7) is 1.97. The van der Waals surface area contributed by atoms with Gasteiger partial charge in [-0.15, -0.1) is 0 Å². The van der Waals surface area contributed by atoms with E-state index in [9.17, 15) is 5.21 Å². The summed E-state index contributed by atoms with van der Waals surface area (Å²) < 4.78 is 37.5. The summed E-state index contributed by atoms with van der Waals surface area (Å²) in [5.74, 6) is 3.73. The predicted molar refractivity (Wildman–Crippen MR) is 165 cm³/mol. The molecule has 0 spiro atoms. The van der Waals surface area contributed by atoms with Crippen molar-refractivity contribution >= 4 is 11.9 Å². The number of hydroxylamine groups is 1. The van der Waals surface area contributed by atoms with Gasteiger partial charge in [0, 0.05) is 31.5 Å². The van der Waals surface area contributed by atoms with Gasteiger partial charge in [-0.3, -0.25) is 0 Å². The van der Waals surface area contributed by atoms with Gasteiger partial charge >= 0.3 is 0 Å². The normalized spacial score (nSPS) is 17.6. The van der Waals surface area contributed by atoms with E-state index in [1.165, 1.54) is 0 Å². The van der Waals surface area contributed by atoms with Crippen LogP contribution in [0.3, 0.4) is 0 Å². The number of ether oxygens (including phenoxy) is 6. The third-order valence-corrected chi connectivity index (χ3v) is 7.92. The fourth-order valence-corrected chi connectivity index (χ4v) is 5.62. The Kier molecular flexibility index (Phi) is 9.99. The quantitative estimate of drug-likeness (QED) is 0.103. The first-order valence-corrected chi connectivity index (χ1v) is 14.8. The zero-order chi connectivity index (χ0) is 30.2. The van der Waals surface area contributed by atoms with E-state index >= 15 is 0 Å². The number of methoxy groups -OCH3 is 3. The highest BCUT2D eigenvalue weighted by atomic mass is 16.5. The lowest BCUT2D eigenvalue weighted by molar-refractivity contribution is -0.409. The van der Waals surface area contributed by atoms with Crippen molar-refractivity contribution in [2.24, 2.45) is 5.92 Å². The van der Waals surface area contributed by atoms with Gasteiger partial charge in [-0.2, -0.15) is 4.74 Å². The summed E-state index contributed by atoms with van der Waals surface area (Å²) in [5, 5.41) is 12.9. The molecule has 2 N–H and O–H groups in total. The van der Waals surface area contributed by atoms with Crippen molar-refractivity contribution < 1.29 is 33.2 Å². The largest absolute Gasteiger partial charge is 0.618 e. The van der Waals surface area contributed by atoms with E-state index in [2.05, 4.69) is 10.6 Å². The molecule has 2 atom stereocenters. The Morgan fingerprint density at radius 3 is 2.40 bits per heavy atom. The maximum Gasteiger partial charge on any atom is 0.208 e. The smallest absolute Gasteiger partial charge is 0.208 e. The van der Waals surface area contributed by atoms with Crippen LogP contribution in [0.2, 0.25) is 0 Å². The topological polar surface area (TPSA) is 112 Å². The minimum atomic E-state index is 0.0217. The fourth-order valence-electron chi connectivity index (χ4n) is 5.62. The number of allylic oxidation sites excluding steroid dienone is 1. The molecule has 1 aromatic heterocycles. The SMILES string of the molecule is COc1ccc(Oc2cc(OCCCCCCOC3CCC=C4[C@@H]3Cn3ccc(OC)c3C=[N+]4[O-])ccc2N)cc1OC. The van der Waals surface area contributed by atoms with Crippen LogP contribution in [0.15, 0.2) is 60.4 Å². The van der Waals surface area contributed by atoms with Crippen LogP contribution in [0.25, 0.3) is 0 Å². The molecule has 1 aliphatic heterocycles. The molecule has 2 aromatic carbocycles. The number of nitrogens with two attached hydrogens (primary N) is 1. The van der Waals surface area contributed by atoms with Gasteiger partial charge in [-0.25, -0.2) is 0 Å². The van der Waals surface area contributed by atoms with Crippen LogP contribution in [-0.2, 0) is 11.3 Å². The van der Waals surface area contributed by atoms with Gasteiger partial charge < -0.3 is 43.9 Å². The number of anilines is 1. The van der Waals surface area contributed by atoms with Gasteiger partial charge in [0.2, 0.25) is 6.21 Å². The second kappa shape index (κ2) is 14.2. The molecule has 2 aliphatic rings. The van der Waals surface area contributed by atoms with E-state index in [1.54, 1.807) is 57.9 Å². The average Bonchev–Trinajstić information content (AvgIpc) is 3.33. The molecule has 0 saturated heterocycles. The molecule has 0 radical (unpaired) electrons. The maximum absolute atomic E-state index is 12.9. The Morgan fingerprint density at radius 1 is 0.860 bits per heavy atom. The van der Waals surface area contributed by atoms with Crippen molar-refractivity contribution in [3.63, 3.8) is 0 Å². The first kappa shape index (κ1) is 30.2. The fraction of sp³-hybridized carbons (Fsp3) is 0.424. The van der Waals surface area contributed by atoms with Gasteiger partial charge in [0.1, 0.15) is 22.9 Å². The van der Waals surface area contributed by atoms with Crippen LogP contribution in [0.5, 0.6) is 34.5 Å². The number of benzene rings is 2. The monoisotopic (exact) mass is 591 g/mol. The first-order chi connectivity index (χ1) is 21.0. The van der Waals surface area contributed by atoms with E-state index in [1.807, 2.05) is 18.3 Å². The molecule has 10 heteroatoms. The number of unbranched alkanes of at least 4 members (excludes halogenated alkanes) is 3. The summed E-state index contributed by atoms with van der Waals surface area (Å²) in [4.78, 5) is 0. The number of aromatic nitrogens is 1. The number of nitrogens with zero attached hydrogens (tertiary/aromatic N) is 2. The van der Waals surface area contributed by atoms with Crippen LogP contribution in [-0.4, -0.2) is 56.2 Å². The number of rotatable bonds is 14. The van der Waals surface area contributed by atoms with Gasteiger partial charge in [0.25, 0.3) is 0 Å². The molecule has 2 heterocycles. The molecule has 10 nitrogen and oxygen atoms in total. The summed E-state index contributed by atoms with van der Waals surface area (Å²) in [6, 6.07) is 12.7. The Balaban J connectivity index is 1.03. The summed E-state index contributed by atoms with van der Waals surface area (Å²) in [5.41, 5.74) is 8.25. The van der Waals surface area contributed by atoms with Gasteiger partial charge in [0.05, 0.1) is 45.6 Å². The second-order valence-electron chi connectivity index (χ2n) is 10.7. The number of nitrogen functional groups attached to an aromatic ring is 1. The minimum Gasteiger partial charge on any atom is -0.618 e. The van der Waals surface area contributed by atoms with Gasteiger partial charge in [0.15, 0.2) is 22.9 Å². The van der Waals surface area contributed by atoms with Crippen LogP contribution in [0, 0.1) is 11.1 Å². The van der Waals surface area contributed by atoms with Gasteiger partial charge in [-0.05, 0) is 68.5 Å². The highest BCUT2D eigenvalue weighted by molar-refractivity contribution is 5.78. The summed E-state index contributed by atoms with van der Waals surface area (Å²) in [7, 11) is 4.79. The molecule has 0 fully saturated rings. The van der Waals surface area contributed by atoms with E-state index in [4.69, 9.17) is 34.2 Å². The Hall–Kier alpha value is -4.31. The molecular formula is C33H41N3O7. The molecule has 1 unspecified atom stereocenters. The lowest BCUT2D eigenvalue weighted by atomic mass is 9.89. The van der Waals surface area contributed by atoms with Gasteiger partial charge in [-0.1, -0.05) is 6.42 Å². The highest BCUT2D eigenvalue weighted by Crippen LogP contribution is 2.37. The molecule has 1 aliphatic carbocycles. The van der Waals surface area contributed by atoms with Crippen molar-refractivity contribution in [3.8, 4) is 34.5 Å². The summed E-state index contributed by atoms with van der Waals surface area (Å²) >= 11 is 0. The highest BCUT2D eigenvalue weighted by Gasteiger charge is 2.37.